The van der Waals surface area contributed by atoms with Gasteiger partial charge in [-0.3, -0.25) is 9.89 Å². The molecular formula is C19H21N5O2. The third-order valence-corrected chi connectivity index (χ3v) is 4.70. The summed E-state index contributed by atoms with van der Waals surface area (Å²) in [5, 5.41) is 8.32. The van der Waals surface area contributed by atoms with Gasteiger partial charge in [0.05, 0.1) is 16.6 Å². The first-order valence-electron chi connectivity index (χ1n) is 8.80. The Bertz CT molecular complexity index is 945. The Labute approximate surface area is 151 Å². The molecule has 7 heteroatoms. The van der Waals surface area contributed by atoms with E-state index in [2.05, 4.69) is 34.0 Å². The van der Waals surface area contributed by atoms with E-state index >= 15 is 0 Å². The molecule has 0 saturated carbocycles. The number of carbonyl (C=O) groups excluding carboxylic acids is 1. The lowest BCUT2D eigenvalue weighted by Gasteiger charge is -2.27. The highest BCUT2D eigenvalue weighted by Crippen LogP contribution is 2.26. The molecule has 0 aliphatic carbocycles. The number of amides is 1. The van der Waals surface area contributed by atoms with Crippen LogP contribution in [-0.2, 0) is 17.8 Å². The number of fused-ring (bicyclic) bond motifs is 2. The number of nitrogens with zero attached hydrogens (tertiary/aromatic N) is 4. The summed E-state index contributed by atoms with van der Waals surface area (Å²) in [5.74, 6) is 0.718. The highest BCUT2D eigenvalue weighted by atomic mass is 16.5. The smallest absolute Gasteiger partial charge is 0.260 e. The van der Waals surface area contributed by atoms with Crippen LogP contribution >= 0.6 is 0 Å². The standard InChI is InChI=1S/C19H21N5O2/c1-12(2)18-14-9-24(8-7-16(14)22-23-18)17(25)10-26-19-13-5-3-4-6-15(13)20-11-21-19/h3-6,11-12H,7-10H2,1-2H3,(H,22,23). The van der Waals surface area contributed by atoms with Crippen molar-refractivity contribution in [3.8, 4) is 5.88 Å². The van der Waals surface area contributed by atoms with E-state index in [1.807, 2.05) is 29.2 Å². The minimum Gasteiger partial charge on any atom is -0.467 e. The van der Waals surface area contributed by atoms with Gasteiger partial charge < -0.3 is 9.64 Å². The van der Waals surface area contributed by atoms with Gasteiger partial charge in [-0.1, -0.05) is 26.0 Å². The molecule has 134 valence electrons. The van der Waals surface area contributed by atoms with Crippen LogP contribution in [0, 0.1) is 0 Å². The number of H-pyrrole nitrogens is 1. The molecular weight excluding hydrogens is 330 g/mol. The highest BCUT2D eigenvalue weighted by molar-refractivity contribution is 5.84. The number of rotatable bonds is 4. The molecule has 1 aromatic carbocycles. The number of benzene rings is 1. The SMILES string of the molecule is CC(C)c1n[nH]c2c1CN(C(=O)COc1ncnc3ccccc13)CC2. The van der Waals surface area contributed by atoms with Crippen LogP contribution in [0.1, 0.15) is 36.7 Å². The number of nitrogens with one attached hydrogen (secondary N) is 1. The maximum Gasteiger partial charge on any atom is 0.260 e. The van der Waals surface area contributed by atoms with Crippen molar-refractivity contribution >= 4 is 16.8 Å². The summed E-state index contributed by atoms with van der Waals surface area (Å²) >= 11 is 0. The maximum absolute atomic E-state index is 12.6. The Morgan fingerprint density at radius 3 is 3.00 bits per heavy atom. The number of ether oxygens (including phenoxy) is 1. The summed E-state index contributed by atoms with van der Waals surface area (Å²) in [4.78, 5) is 22.9. The maximum atomic E-state index is 12.6. The molecule has 1 N–H and O–H groups in total. The first-order chi connectivity index (χ1) is 12.6. The van der Waals surface area contributed by atoms with Gasteiger partial charge in [0.1, 0.15) is 6.33 Å². The van der Waals surface area contributed by atoms with Gasteiger partial charge in [-0.15, -0.1) is 0 Å². The molecule has 0 bridgehead atoms. The van der Waals surface area contributed by atoms with Crippen molar-refractivity contribution in [1.82, 2.24) is 25.1 Å². The Kier molecular flexibility index (Phi) is 4.28. The second-order valence-electron chi connectivity index (χ2n) is 6.77. The van der Waals surface area contributed by atoms with Crippen LogP contribution in [0.25, 0.3) is 10.9 Å². The molecule has 2 aromatic heterocycles. The zero-order valence-electron chi connectivity index (χ0n) is 14.9. The predicted molar refractivity (Wildman–Crippen MR) is 96.8 cm³/mol. The lowest BCUT2D eigenvalue weighted by Crippen LogP contribution is -2.39. The quantitative estimate of drug-likeness (QED) is 0.780. The van der Waals surface area contributed by atoms with Gasteiger partial charge in [0.2, 0.25) is 5.88 Å². The lowest BCUT2D eigenvalue weighted by atomic mass is 9.99. The second-order valence-corrected chi connectivity index (χ2v) is 6.77. The fourth-order valence-corrected chi connectivity index (χ4v) is 3.32. The molecule has 0 spiro atoms. The number of hydrogen-bond acceptors (Lipinski definition) is 5. The minimum absolute atomic E-state index is 0.0365. The van der Waals surface area contributed by atoms with Crippen molar-refractivity contribution in [3.63, 3.8) is 0 Å². The molecule has 1 amide bonds. The van der Waals surface area contributed by atoms with Gasteiger partial charge in [-0.25, -0.2) is 9.97 Å². The number of carbonyl (C=O) groups is 1. The molecule has 0 fully saturated rings. The fraction of sp³-hybridized carbons (Fsp3) is 0.368. The molecule has 1 aliphatic heterocycles. The van der Waals surface area contributed by atoms with E-state index in [1.54, 1.807) is 0 Å². The first kappa shape index (κ1) is 16.5. The van der Waals surface area contributed by atoms with Crippen LogP contribution in [-0.4, -0.2) is 44.1 Å². The molecule has 0 saturated heterocycles. The van der Waals surface area contributed by atoms with Gasteiger partial charge in [0.25, 0.3) is 5.91 Å². The summed E-state index contributed by atoms with van der Waals surface area (Å²) in [7, 11) is 0. The zero-order valence-corrected chi connectivity index (χ0v) is 14.9. The number of aromatic amines is 1. The van der Waals surface area contributed by atoms with E-state index in [0.29, 0.717) is 24.9 Å². The molecule has 0 atom stereocenters. The Hall–Kier alpha value is -2.96. The topological polar surface area (TPSA) is 84.0 Å². The summed E-state index contributed by atoms with van der Waals surface area (Å²) in [5.41, 5.74) is 4.13. The van der Waals surface area contributed by atoms with Crippen LogP contribution in [0.4, 0.5) is 0 Å². The number of hydrogen-bond donors (Lipinski definition) is 1. The van der Waals surface area contributed by atoms with Crippen molar-refractivity contribution in [2.45, 2.75) is 32.7 Å². The van der Waals surface area contributed by atoms with Crippen molar-refractivity contribution in [1.29, 1.82) is 0 Å². The van der Waals surface area contributed by atoms with E-state index in [-0.39, 0.29) is 12.5 Å². The Balaban J connectivity index is 1.46. The molecule has 4 rings (SSSR count). The van der Waals surface area contributed by atoms with Gasteiger partial charge in [-0.05, 0) is 18.1 Å². The van der Waals surface area contributed by atoms with Crippen molar-refractivity contribution in [2.24, 2.45) is 0 Å². The lowest BCUT2D eigenvalue weighted by molar-refractivity contribution is -0.134. The van der Waals surface area contributed by atoms with Crippen molar-refractivity contribution < 1.29 is 9.53 Å². The summed E-state index contributed by atoms with van der Waals surface area (Å²) in [6, 6.07) is 7.60. The fourth-order valence-electron chi connectivity index (χ4n) is 3.32. The van der Waals surface area contributed by atoms with Gasteiger partial charge in [-0.2, -0.15) is 5.10 Å². The average Bonchev–Trinajstić information content (AvgIpc) is 3.09. The van der Waals surface area contributed by atoms with Crippen LogP contribution in [0.3, 0.4) is 0 Å². The number of para-hydroxylation sites is 1. The monoisotopic (exact) mass is 351 g/mol. The summed E-state index contributed by atoms with van der Waals surface area (Å²) < 4.78 is 5.72. The molecule has 0 unspecified atom stereocenters. The molecule has 0 radical (unpaired) electrons. The molecule has 1 aliphatic rings. The average molecular weight is 351 g/mol. The van der Waals surface area contributed by atoms with Crippen molar-refractivity contribution in [3.05, 3.63) is 47.5 Å². The molecule has 26 heavy (non-hydrogen) atoms. The van der Waals surface area contributed by atoms with E-state index in [4.69, 9.17) is 4.74 Å². The Morgan fingerprint density at radius 1 is 1.31 bits per heavy atom. The van der Waals surface area contributed by atoms with Gasteiger partial charge in [0, 0.05) is 30.8 Å². The normalized spacial score (nSPS) is 13.9. The molecule has 3 heterocycles. The molecule has 7 nitrogen and oxygen atoms in total. The summed E-state index contributed by atoms with van der Waals surface area (Å²) in [6.45, 7) is 5.43. The van der Waals surface area contributed by atoms with Crippen LogP contribution in [0.15, 0.2) is 30.6 Å². The number of aromatic nitrogens is 4. The molecule has 3 aromatic rings. The zero-order chi connectivity index (χ0) is 18.1. The van der Waals surface area contributed by atoms with E-state index in [9.17, 15) is 4.79 Å². The minimum atomic E-state index is -0.0470. The first-order valence-corrected chi connectivity index (χ1v) is 8.80. The van der Waals surface area contributed by atoms with Crippen LogP contribution in [0.2, 0.25) is 0 Å². The van der Waals surface area contributed by atoms with E-state index in [0.717, 1.165) is 34.3 Å². The summed E-state index contributed by atoms with van der Waals surface area (Å²) in [6.07, 6.45) is 2.24. The van der Waals surface area contributed by atoms with Gasteiger partial charge in [0.15, 0.2) is 6.61 Å². The van der Waals surface area contributed by atoms with E-state index < -0.39 is 0 Å². The highest BCUT2D eigenvalue weighted by Gasteiger charge is 2.26. The van der Waals surface area contributed by atoms with E-state index in [1.165, 1.54) is 6.33 Å². The van der Waals surface area contributed by atoms with Gasteiger partial charge >= 0.3 is 0 Å². The van der Waals surface area contributed by atoms with Crippen LogP contribution in [0.5, 0.6) is 5.88 Å². The Morgan fingerprint density at radius 2 is 2.15 bits per heavy atom. The van der Waals surface area contributed by atoms with Crippen LogP contribution < -0.4 is 4.74 Å². The second kappa shape index (κ2) is 6.74. The van der Waals surface area contributed by atoms with Crippen molar-refractivity contribution in [2.75, 3.05) is 13.2 Å². The third kappa shape index (κ3) is 3.00. The largest absolute Gasteiger partial charge is 0.467 e. The third-order valence-electron chi connectivity index (χ3n) is 4.70. The predicted octanol–water partition coefficient (Wildman–Crippen LogP) is 2.44.